The van der Waals surface area contributed by atoms with E-state index in [1.165, 1.54) is 0 Å². The first-order valence-corrected chi connectivity index (χ1v) is 6.11. The summed E-state index contributed by atoms with van der Waals surface area (Å²) in [6.07, 6.45) is 3.74. The molecule has 102 valence electrons. The summed E-state index contributed by atoms with van der Waals surface area (Å²) in [6, 6.07) is 6.07. The molecule has 0 spiro atoms. The molecule has 0 aliphatic rings. The van der Waals surface area contributed by atoms with Gasteiger partial charge in [0.25, 0.3) is 0 Å². The summed E-state index contributed by atoms with van der Waals surface area (Å²) >= 11 is 0. The van der Waals surface area contributed by atoms with Gasteiger partial charge in [-0.15, -0.1) is 0 Å². The van der Waals surface area contributed by atoms with Crippen LogP contribution in [0.5, 0.6) is 11.5 Å². The van der Waals surface area contributed by atoms with Crippen LogP contribution in [0, 0.1) is 0 Å². The van der Waals surface area contributed by atoms with Crippen molar-refractivity contribution in [2.75, 3.05) is 19.5 Å². The summed E-state index contributed by atoms with van der Waals surface area (Å²) in [5.41, 5.74) is 2.12. The lowest BCUT2D eigenvalue weighted by Crippen LogP contribution is -2.06. The number of hydrogen-bond donors (Lipinski definition) is 1. The van der Waals surface area contributed by atoms with E-state index < -0.39 is 0 Å². The second kappa shape index (κ2) is 5.65. The van der Waals surface area contributed by atoms with Crippen LogP contribution in [-0.2, 0) is 7.05 Å². The normalized spacial score (nSPS) is 12.0. The summed E-state index contributed by atoms with van der Waals surface area (Å²) in [4.78, 5) is 0. The Kier molecular flexibility index (Phi) is 3.94. The Morgan fingerprint density at radius 2 is 1.95 bits per heavy atom. The van der Waals surface area contributed by atoms with Gasteiger partial charge in [-0.25, -0.2) is 0 Å². The van der Waals surface area contributed by atoms with Gasteiger partial charge in [0.05, 0.1) is 26.1 Å². The van der Waals surface area contributed by atoms with E-state index in [1.807, 2.05) is 31.4 Å². The molecule has 19 heavy (non-hydrogen) atoms. The van der Waals surface area contributed by atoms with E-state index >= 15 is 0 Å². The van der Waals surface area contributed by atoms with E-state index in [-0.39, 0.29) is 6.04 Å². The molecule has 0 aliphatic heterocycles. The molecular weight excluding hydrogens is 242 g/mol. The Hall–Kier alpha value is -2.17. The summed E-state index contributed by atoms with van der Waals surface area (Å²) in [5.74, 6) is 1.47. The predicted octanol–water partition coefficient (Wildman–Crippen LogP) is 2.61. The molecular formula is C14H19N3O2. The topological polar surface area (TPSA) is 48.3 Å². The Balaban J connectivity index is 2.16. The van der Waals surface area contributed by atoms with Crippen molar-refractivity contribution in [2.24, 2.45) is 7.05 Å². The molecule has 1 N–H and O–H groups in total. The number of hydrogen-bond acceptors (Lipinski definition) is 4. The van der Waals surface area contributed by atoms with Crippen LogP contribution >= 0.6 is 0 Å². The maximum atomic E-state index is 5.31. The smallest absolute Gasteiger partial charge is 0.161 e. The number of ether oxygens (including phenoxy) is 2. The van der Waals surface area contributed by atoms with Crippen LogP contribution in [-0.4, -0.2) is 24.0 Å². The lowest BCUT2D eigenvalue weighted by atomic mass is 10.1. The van der Waals surface area contributed by atoms with E-state index in [1.54, 1.807) is 25.1 Å². The zero-order valence-electron chi connectivity index (χ0n) is 11.7. The number of rotatable bonds is 5. The molecule has 0 bridgehead atoms. The summed E-state index contributed by atoms with van der Waals surface area (Å²) in [5, 5.41) is 7.52. The van der Waals surface area contributed by atoms with Gasteiger partial charge >= 0.3 is 0 Å². The molecule has 1 aromatic carbocycles. The van der Waals surface area contributed by atoms with Gasteiger partial charge in [0, 0.05) is 19.3 Å². The van der Waals surface area contributed by atoms with E-state index in [0.717, 1.165) is 22.7 Å². The highest BCUT2D eigenvalue weighted by Gasteiger charge is 2.10. The van der Waals surface area contributed by atoms with Gasteiger partial charge in [0.2, 0.25) is 0 Å². The molecule has 1 atom stereocenters. The minimum absolute atomic E-state index is 0.156. The highest BCUT2D eigenvalue weighted by Crippen LogP contribution is 2.30. The first-order valence-electron chi connectivity index (χ1n) is 6.11. The van der Waals surface area contributed by atoms with Gasteiger partial charge in [-0.05, 0) is 24.6 Å². The zero-order chi connectivity index (χ0) is 13.8. The van der Waals surface area contributed by atoms with Crippen molar-refractivity contribution in [3.63, 3.8) is 0 Å². The molecule has 2 rings (SSSR count). The molecule has 5 nitrogen and oxygen atoms in total. The molecule has 0 saturated heterocycles. The predicted molar refractivity (Wildman–Crippen MR) is 74.8 cm³/mol. The Labute approximate surface area is 113 Å². The average molecular weight is 261 g/mol. The van der Waals surface area contributed by atoms with Crippen molar-refractivity contribution in [3.05, 3.63) is 36.2 Å². The number of aryl methyl sites for hydroxylation is 1. The molecule has 0 amide bonds. The quantitative estimate of drug-likeness (QED) is 0.898. The van der Waals surface area contributed by atoms with Crippen LogP contribution in [0.25, 0.3) is 0 Å². The van der Waals surface area contributed by atoms with Crippen molar-refractivity contribution < 1.29 is 9.47 Å². The third kappa shape index (κ3) is 2.99. The summed E-state index contributed by atoms with van der Waals surface area (Å²) in [6.45, 7) is 2.09. The van der Waals surface area contributed by atoms with Gasteiger partial charge in [0.15, 0.2) is 11.5 Å². The maximum absolute atomic E-state index is 5.31. The monoisotopic (exact) mass is 261 g/mol. The number of nitrogens with zero attached hydrogens (tertiary/aromatic N) is 2. The van der Waals surface area contributed by atoms with Crippen LogP contribution < -0.4 is 14.8 Å². The number of anilines is 1. The number of methoxy groups -OCH3 is 2. The van der Waals surface area contributed by atoms with E-state index in [9.17, 15) is 0 Å². The molecule has 1 aromatic heterocycles. The standard InChI is InChI=1S/C14H19N3O2/c1-10(16-12-8-15-17(2)9-12)11-5-6-13(18-3)14(7-11)19-4/h5-10,16H,1-4H3. The summed E-state index contributed by atoms with van der Waals surface area (Å²) in [7, 11) is 5.17. The first kappa shape index (κ1) is 13.3. The minimum atomic E-state index is 0.156. The van der Waals surface area contributed by atoms with Crippen molar-refractivity contribution in [1.29, 1.82) is 0 Å². The number of nitrogens with one attached hydrogen (secondary N) is 1. The van der Waals surface area contributed by atoms with E-state index in [4.69, 9.17) is 9.47 Å². The van der Waals surface area contributed by atoms with Crippen LogP contribution in [0.2, 0.25) is 0 Å². The highest BCUT2D eigenvalue weighted by molar-refractivity contribution is 5.47. The zero-order valence-corrected chi connectivity index (χ0v) is 11.7. The second-order valence-corrected chi connectivity index (χ2v) is 4.38. The largest absolute Gasteiger partial charge is 0.493 e. The molecule has 1 unspecified atom stereocenters. The van der Waals surface area contributed by atoms with Gasteiger partial charge < -0.3 is 14.8 Å². The molecule has 0 saturated carbocycles. The third-order valence-corrected chi connectivity index (χ3v) is 3.00. The molecule has 5 heteroatoms. The minimum Gasteiger partial charge on any atom is -0.493 e. The molecule has 2 aromatic rings. The van der Waals surface area contributed by atoms with Gasteiger partial charge in [0.1, 0.15) is 0 Å². The summed E-state index contributed by atoms with van der Waals surface area (Å²) < 4.78 is 12.3. The second-order valence-electron chi connectivity index (χ2n) is 4.38. The fourth-order valence-corrected chi connectivity index (χ4v) is 1.95. The SMILES string of the molecule is COc1ccc(C(C)Nc2cnn(C)c2)cc1OC. The fraction of sp³-hybridized carbons (Fsp3) is 0.357. The van der Waals surface area contributed by atoms with Crippen LogP contribution in [0.1, 0.15) is 18.5 Å². The number of aromatic nitrogens is 2. The van der Waals surface area contributed by atoms with Gasteiger partial charge in [-0.3, -0.25) is 4.68 Å². The van der Waals surface area contributed by atoms with Crippen molar-refractivity contribution in [2.45, 2.75) is 13.0 Å². The fourth-order valence-electron chi connectivity index (χ4n) is 1.95. The number of benzene rings is 1. The van der Waals surface area contributed by atoms with Crippen molar-refractivity contribution >= 4 is 5.69 Å². The van der Waals surface area contributed by atoms with E-state index in [2.05, 4.69) is 17.3 Å². The maximum Gasteiger partial charge on any atom is 0.161 e. The molecule has 1 heterocycles. The molecule has 0 radical (unpaired) electrons. The molecule has 0 fully saturated rings. The molecule has 0 aliphatic carbocycles. The van der Waals surface area contributed by atoms with E-state index in [0.29, 0.717) is 0 Å². The Bertz CT molecular complexity index is 551. The average Bonchev–Trinajstić information content (AvgIpc) is 2.83. The lowest BCUT2D eigenvalue weighted by molar-refractivity contribution is 0.354. The van der Waals surface area contributed by atoms with Crippen molar-refractivity contribution in [1.82, 2.24) is 9.78 Å². The van der Waals surface area contributed by atoms with Crippen LogP contribution in [0.3, 0.4) is 0 Å². The Morgan fingerprint density at radius 1 is 1.21 bits per heavy atom. The van der Waals surface area contributed by atoms with Crippen molar-refractivity contribution in [3.8, 4) is 11.5 Å². The third-order valence-electron chi connectivity index (χ3n) is 3.00. The Morgan fingerprint density at radius 3 is 2.53 bits per heavy atom. The van der Waals surface area contributed by atoms with Crippen LogP contribution in [0.4, 0.5) is 5.69 Å². The van der Waals surface area contributed by atoms with Gasteiger partial charge in [-0.1, -0.05) is 6.07 Å². The van der Waals surface area contributed by atoms with Crippen LogP contribution in [0.15, 0.2) is 30.6 Å². The first-order chi connectivity index (χ1) is 9.13. The lowest BCUT2D eigenvalue weighted by Gasteiger charge is -2.16. The van der Waals surface area contributed by atoms with Gasteiger partial charge in [-0.2, -0.15) is 5.10 Å². The highest BCUT2D eigenvalue weighted by atomic mass is 16.5.